The number of carbonyl (C=O) groups excluding carboxylic acids is 3. The maximum Gasteiger partial charge on any atom is 0.407 e. The van der Waals surface area contributed by atoms with Gasteiger partial charge in [-0.2, -0.15) is 0 Å². The Morgan fingerprint density at radius 2 is 1.95 bits per heavy atom. The van der Waals surface area contributed by atoms with Gasteiger partial charge in [-0.3, -0.25) is 4.79 Å². The molecule has 1 heterocycles. The number of amides is 2. The summed E-state index contributed by atoms with van der Waals surface area (Å²) >= 11 is 0. The number of nitrogens with one attached hydrogen (secondary N) is 1. The van der Waals surface area contributed by atoms with Crippen LogP contribution in [0.1, 0.15) is 40.0 Å². The van der Waals surface area contributed by atoms with Crippen molar-refractivity contribution in [2.75, 3.05) is 20.2 Å². The van der Waals surface area contributed by atoms with Crippen molar-refractivity contribution in [3.63, 3.8) is 0 Å². The van der Waals surface area contributed by atoms with Crippen LogP contribution in [-0.2, 0) is 19.1 Å². The first-order valence-electron chi connectivity index (χ1n) is 7.09. The summed E-state index contributed by atoms with van der Waals surface area (Å²) in [6.45, 7) is 6.03. The molecule has 0 spiro atoms. The molecule has 0 bridgehead atoms. The Hall–Kier alpha value is -1.79. The lowest BCUT2D eigenvalue weighted by Crippen LogP contribution is -2.42. The van der Waals surface area contributed by atoms with E-state index in [0.29, 0.717) is 13.0 Å². The normalized spacial score (nSPS) is 18.3. The third-order valence-corrected chi connectivity index (χ3v) is 3.05. The quantitative estimate of drug-likeness (QED) is 0.785. The summed E-state index contributed by atoms with van der Waals surface area (Å²) in [6, 6.07) is -0.496. The number of ether oxygens (including phenoxy) is 2. The Balaban J connectivity index is 2.37. The molecule has 1 fully saturated rings. The molecule has 1 N–H and O–H groups in total. The number of hydrogen-bond donors (Lipinski definition) is 1. The van der Waals surface area contributed by atoms with Crippen molar-refractivity contribution in [3.8, 4) is 0 Å². The standard InChI is InChI=1S/C14H24N2O5/c1-14(2,3)21-13(19)15-8-7-11(17)16-9-5-6-10(16)12(18)20-4/h10H,5-9H2,1-4H3,(H,15,19). The number of alkyl carbamates (subject to hydrolysis) is 1. The summed E-state index contributed by atoms with van der Waals surface area (Å²) in [6.07, 6.45) is 0.983. The minimum atomic E-state index is -0.570. The lowest BCUT2D eigenvalue weighted by molar-refractivity contribution is -0.150. The van der Waals surface area contributed by atoms with E-state index in [1.807, 2.05) is 0 Å². The van der Waals surface area contributed by atoms with Crippen LogP contribution in [0.3, 0.4) is 0 Å². The molecule has 1 saturated heterocycles. The predicted molar refractivity (Wildman–Crippen MR) is 75.6 cm³/mol. The van der Waals surface area contributed by atoms with Crippen LogP contribution in [0.2, 0.25) is 0 Å². The molecule has 0 aromatic rings. The summed E-state index contributed by atoms with van der Waals surface area (Å²) in [5.74, 6) is -0.556. The van der Waals surface area contributed by atoms with Crippen LogP contribution in [0.15, 0.2) is 0 Å². The van der Waals surface area contributed by atoms with Crippen molar-refractivity contribution in [2.24, 2.45) is 0 Å². The van der Waals surface area contributed by atoms with Gasteiger partial charge in [-0.25, -0.2) is 9.59 Å². The highest BCUT2D eigenvalue weighted by Gasteiger charge is 2.34. The first-order chi connectivity index (χ1) is 9.74. The molecule has 7 nitrogen and oxygen atoms in total. The first-order valence-corrected chi connectivity index (χ1v) is 7.09. The number of carbonyl (C=O) groups is 3. The molecule has 0 aromatic carbocycles. The van der Waals surface area contributed by atoms with Gasteiger partial charge in [-0.05, 0) is 33.6 Å². The Morgan fingerprint density at radius 1 is 1.29 bits per heavy atom. The van der Waals surface area contributed by atoms with E-state index in [1.54, 1.807) is 20.8 Å². The van der Waals surface area contributed by atoms with Crippen molar-refractivity contribution < 1.29 is 23.9 Å². The molecule has 7 heteroatoms. The van der Waals surface area contributed by atoms with Gasteiger partial charge in [0.25, 0.3) is 0 Å². The minimum Gasteiger partial charge on any atom is -0.467 e. The van der Waals surface area contributed by atoms with E-state index in [0.717, 1.165) is 6.42 Å². The molecular formula is C14H24N2O5. The van der Waals surface area contributed by atoms with Crippen LogP contribution in [-0.4, -0.2) is 54.7 Å². The monoisotopic (exact) mass is 300 g/mol. The van der Waals surface area contributed by atoms with Gasteiger partial charge in [0.2, 0.25) is 5.91 Å². The number of rotatable bonds is 4. The lowest BCUT2D eigenvalue weighted by atomic mass is 10.2. The molecule has 0 radical (unpaired) electrons. The summed E-state index contributed by atoms with van der Waals surface area (Å²) in [4.78, 5) is 36.6. The Kier molecular flexibility index (Phi) is 5.99. The molecule has 21 heavy (non-hydrogen) atoms. The average molecular weight is 300 g/mol. The zero-order valence-corrected chi connectivity index (χ0v) is 13.1. The first kappa shape index (κ1) is 17.3. The predicted octanol–water partition coefficient (Wildman–Crippen LogP) is 1.07. The number of nitrogens with zero attached hydrogens (tertiary/aromatic N) is 1. The highest BCUT2D eigenvalue weighted by molar-refractivity contribution is 5.85. The van der Waals surface area contributed by atoms with Crippen molar-refractivity contribution in [1.82, 2.24) is 10.2 Å². The van der Waals surface area contributed by atoms with Crippen LogP contribution < -0.4 is 5.32 Å². The second-order valence-electron chi connectivity index (χ2n) is 5.95. The third-order valence-electron chi connectivity index (χ3n) is 3.05. The van der Waals surface area contributed by atoms with E-state index in [9.17, 15) is 14.4 Å². The molecule has 0 saturated carbocycles. The van der Waals surface area contributed by atoms with E-state index in [4.69, 9.17) is 4.74 Å². The molecule has 120 valence electrons. The summed E-state index contributed by atoms with van der Waals surface area (Å²) in [7, 11) is 1.31. The summed E-state index contributed by atoms with van der Waals surface area (Å²) in [5.41, 5.74) is -0.570. The van der Waals surface area contributed by atoms with E-state index >= 15 is 0 Å². The number of likely N-dealkylation sites (tertiary alicyclic amines) is 1. The van der Waals surface area contributed by atoms with E-state index in [-0.39, 0.29) is 24.8 Å². The Bertz CT molecular complexity index is 403. The topological polar surface area (TPSA) is 84.9 Å². The molecule has 1 rings (SSSR count). The van der Waals surface area contributed by atoms with E-state index < -0.39 is 17.7 Å². The fourth-order valence-corrected chi connectivity index (χ4v) is 2.18. The second-order valence-corrected chi connectivity index (χ2v) is 5.95. The molecule has 1 unspecified atom stereocenters. The fourth-order valence-electron chi connectivity index (χ4n) is 2.18. The van der Waals surface area contributed by atoms with E-state index in [2.05, 4.69) is 10.1 Å². The molecule has 1 aliphatic rings. The zero-order chi connectivity index (χ0) is 16.0. The van der Waals surface area contributed by atoms with Crippen LogP contribution in [0.4, 0.5) is 4.79 Å². The van der Waals surface area contributed by atoms with Gasteiger partial charge in [0.05, 0.1) is 7.11 Å². The molecule has 2 amide bonds. The van der Waals surface area contributed by atoms with Gasteiger partial charge in [-0.1, -0.05) is 0 Å². The van der Waals surface area contributed by atoms with Gasteiger partial charge in [0.1, 0.15) is 11.6 Å². The van der Waals surface area contributed by atoms with Crippen molar-refractivity contribution in [2.45, 2.75) is 51.7 Å². The molecule has 0 aromatic heterocycles. The number of methoxy groups -OCH3 is 1. The Morgan fingerprint density at radius 3 is 2.52 bits per heavy atom. The van der Waals surface area contributed by atoms with E-state index in [1.165, 1.54) is 12.0 Å². The molecule has 1 aliphatic heterocycles. The molecule has 1 atom stereocenters. The van der Waals surface area contributed by atoms with Crippen LogP contribution in [0.5, 0.6) is 0 Å². The SMILES string of the molecule is COC(=O)C1CCCN1C(=O)CCNC(=O)OC(C)(C)C. The van der Waals surface area contributed by atoms with Crippen LogP contribution >= 0.6 is 0 Å². The zero-order valence-electron chi connectivity index (χ0n) is 13.1. The maximum atomic E-state index is 12.1. The highest BCUT2D eigenvalue weighted by Crippen LogP contribution is 2.19. The third kappa shape index (κ3) is 5.61. The number of hydrogen-bond acceptors (Lipinski definition) is 5. The van der Waals surface area contributed by atoms with Gasteiger partial charge >= 0.3 is 12.1 Å². The molecular weight excluding hydrogens is 276 g/mol. The van der Waals surface area contributed by atoms with Gasteiger partial charge in [0.15, 0.2) is 0 Å². The van der Waals surface area contributed by atoms with Crippen molar-refractivity contribution >= 4 is 18.0 Å². The van der Waals surface area contributed by atoms with Gasteiger partial charge in [0, 0.05) is 19.5 Å². The van der Waals surface area contributed by atoms with Crippen LogP contribution in [0.25, 0.3) is 0 Å². The fraction of sp³-hybridized carbons (Fsp3) is 0.786. The lowest BCUT2D eigenvalue weighted by Gasteiger charge is -2.23. The maximum absolute atomic E-state index is 12.1. The number of esters is 1. The highest BCUT2D eigenvalue weighted by atomic mass is 16.6. The largest absolute Gasteiger partial charge is 0.467 e. The smallest absolute Gasteiger partial charge is 0.407 e. The summed E-state index contributed by atoms with van der Waals surface area (Å²) in [5, 5.41) is 2.53. The van der Waals surface area contributed by atoms with Crippen molar-refractivity contribution in [1.29, 1.82) is 0 Å². The second kappa shape index (κ2) is 7.28. The van der Waals surface area contributed by atoms with Crippen LogP contribution in [0, 0.1) is 0 Å². The average Bonchev–Trinajstić information content (AvgIpc) is 2.84. The summed E-state index contributed by atoms with van der Waals surface area (Å²) < 4.78 is 9.76. The van der Waals surface area contributed by atoms with Gasteiger partial charge < -0.3 is 19.7 Å². The Labute approximate surface area is 124 Å². The minimum absolute atomic E-state index is 0.132. The van der Waals surface area contributed by atoms with Gasteiger partial charge in [-0.15, -0.1) is 0 Å². The molecule has 0 aliphatic carbocycles. The van der Waals surface area contributed by atoms with Crippen molar-refractivity contribution in [3.05, 3.63) is 0 Å².